The highest BCUT2D eigenvalue weighted by Gasteiger charge is 2.26. The quantitative estimate of drug-likeness (QED) is 0.225. The van der Waals surface area contributed by atoms with Crippen molar-refractivity contribution in [2.45, 2.75) is 62.5 Å². The molecule has 0 spiro atoms. The molecule has 3 N–H and O–H groups in total. The van der Waals surface area contributed by atoms with Crippen LogP contribution >= 0.6 is 11.6 Å². The van der Waals surface area contributed by atoms with Crippen LogP contribution < -0.4 is 5.32 Å². The molecule has 3 aromatic rings. The van der Waals surface area contributed by atoms with Gasteiger partial charge >= 0.3 is 5.97 Å². The van der Waals surface area contributed by atoms with Crippen LogP contribution in [-0.2, 0) is 27.7 Å². The van der Waals surface area contributed by atoms with Gasteiger partial charge in [0.25, 0.3) is 0 Å². The zero-order valence-electron chi connectivity index (χ0n) is 23.5. The van der Waals surface area contributed by atoms with E-state index in [1.54, 1.807) is 36.4 Å². The fraction of sp³-hybridized carbons (Fsp3) is 0.400. The van der Waals surface area contributed by atoms with Gasteiger partial charge in [-0.3, -0.25) is 9.78 Å². The van der Waals surface area contributed by atoms with E-state index in [-0.39, 0.29) is 47.2 Å². The first-order valence-corrected chi connectivity index (χ1v) is 15.2. The number of nitrogens with one attached hydrogen (secondary N) is 1. The summed E-state index contributed by atoms with van der Waals surface area (Å²) in [5.41, 5.74) is 1.95. The number of hydrogen-bond acceptors (Lipinski definition) is 6. The third kappa shape index (κ3) is 9.58. The number of nitrogens with zero attached hydrogens (tertiary/aromatic N) is 2. The van der Waals surface area contributed by atoms with Crippen LogP contribution in [0.25, 0.3) is 11.3 Å². The molecule has 0 aliphatic carbocycles. The molecule has 222 valence electrons. The van der Waals surface area contributed by atoms with E-state index in [9.17, 15) is 22.7 Å². The summed E-state index contributed by atoms with van der Waals surface area (Å²) in [4.78, 5) is 15.3. The number of likely N-dealkylation sites (N-methyl/N-ethyl adjacent to an activating group) is 1. The van der Waals surface area contributed by atoms with Gasteiger partial charge in [-0.15, -0.1) is 0 Å². The summed E-state index contributed by atoms with van der Waals surface area (Å²) in [7, 11) is -2.55. The molecule has 1 heterocycles. The number of aliphatic hydroxyl groups excluding tert-OH is 1. The lowest BCUT2D eigenvalue weighted by Gasteiger charge is -2.29. The first kappa shape index (κ1) is 32.6. The van der Waals surface area contributed by atoms with E-state index in [2.05, 4.69) is 10.3 Å². The number of carboxylic acid groups (broad SMARTS) is 1. The molecule has 2 aromatic carbocycles. The van der Waals surface area contributed by atoms with Crippen molar-refractivity contribution in [3.05, 3.63) is 82.8 Å². The summed E-state index contributed by atoms with van der Waals surface area (Å²) in [5, 5.41) is 23.0. The van der Waals surface area contributed by atoms with E-state index in [0.717, 1.165) is 17.1 Å². The fourth-order valence-corrected chi connectivity index (χ4v) is 5.99. The van der Waals surface area contributed by atoms with E-state index < -0.39 is 22.1 Å². The van der Waals surface area contributed by atoms with Crippen LogP contribution in [0.15, 0.2) is 65.6 Å². The minimum absolute atomic E-state index is 0.0237. The van der Waals surface area contributed by atoms with E-state index >= 15 is 0 Å². The highest BCUT2D eigenvalue weighted by atomic mass is 35.5. The maximum atomic E-state index is 13.9. The van der Waals surface area contributed by atoms with Crippen molar-refractivity contribution in [1.29, 1.82) is 0 Å². The van der Waals surface area contributed by atoms with E-state index in [4.69, 9.17) is 16.7 Å². The molecular weight excluding hydrogens is 569 g/mol. The Morgan fingerprint density at radius 1 is 1.12 bits per heavy atom. The number of halogens is 2. The number of carbonyl (C=O) groups is 1. The third-order valence-corrected chi connectivity index (χ3v) is 8.95. The maximum Gasteiger partial charge on any atom is 0.303 e. The number of rotatable bonds is 15. The van der Waals surface area contributed by atoms with E-state index in [1.165, 1.54) is 25.2 Å². The molecule has 0 radical (unpaired) electrons. The van der Waals surface area contributed by atoms with Crippen LogP contribution in [0.2, 0.25) is 5.02 Å². The number of aryl methyl sites for hydroxylation is 2. The standard InChI is InChI=1S/C30H37ClFN3O5S/c1-30(2,17-7-9-21-8-4-5-11-27(21)32)33-19-23(36)20-35(3)41(39,40)24-14-15-25(26(31)18-24)28-12-6-10-22(34-28)13-16-29(37)38/h4-6,8,10-12,14-15,18,23,33,36H,7,9,13,16-17,19-20H2,1-3H3,(H,37,38)/t23-/m1/s1. The second-order valence-corrected chi connectivity index (χ2v) is 13.2. The Kier molecular flexibility index (Phi) is 11.4. The highest BCUT2D eigenvalue weighted by Crippen LogP contribution is 2.30. The summed E-state index contributed by atoms with van der Waals surface area (Å²) in [6.45, 7) is 4.02. The minimum Gasteiger partial charge on any atom is -0.481 e. The zero-order chi connectivity index (χ0) is 30.2. The Bertz CT molecular complexity index is 1450. The van der Waals surface area contributed by atoms with Gasteiger partial charge in [-0.25, -0.2) is 12.8 Å². The molecule has 1 atom stereocenters. The van der Waals surface area contributed by atoms with Crippen LogP contribution in [0.4, 0.5) is 4.39 Å². The van der Waals surface area contributed by atoms with Crippen molar-refractivity contribution in [2.24, 2.45) is 0 Å². The molecule has 11 heteroatoms. The van der Waals surface area contributed by atoms with Gasteiger partial charge in [-0.05, 0) is 75.1 Å². The van der Waals surface area contributed by atoms with Crippen molar-refractivity contribution >= 4 is 27.6 Å². The van der Waals surface area contributed by atoms with Gasteiger partial charge < -0.3 is 15.5 Å². The smallest absolute Gasteiger partial charge is 0.303 e. The van der Waals surface area contributed by atoms with Crippen molar-refractivity contribution in [2.75, 3.05) is 20.1 Å². The molecular formula is C30H37ClFN3O5S. The van der Waals surface area contributed by atoms with Gasteiger partial charge in [-0.2, -0.15) is 4.31 Å². The molecule has 1 aromatic heterocycles. The maximum absolute atomic E-state index is 13.9. The predicted octanol–water partition coefficient (Wildman–Crippen LogP) is 4.93. The molecule has 0 unspecified atom stereocenters. The van der Waals surface area contributed by atoms with Gasteiger partial charge in [0, 0.05) is 43.4 Å². The summed E-state index contributed by atoms with van der Waals surface area (Å²) in [6, 6.07) is 16.2. The Morgan fingerprint density at radius 2 is 1.85 bits per heavy atom. The molecule has 0 fully saturated rings. The van der Waals surface area contributed by atoms with Gasteiger partial charge in [0.05, 0.1) is 28.1 Å². The Morgan fingerprint density at radius 3 is 2.54 bits per heavy atom. The van der Waals surface area contributed by atoms with Crippen molar-refractivity contribution in [1.82, 2.24) is 14.6 Å². The number of β-amino-alcohol motifs (C(OH)–C–C–N with tert-alkyl or cyclic N) is 1. The Labute approximate surface area is 246 Å². The molecule has 41 heavy (non-hydrogen) atoms. The number of benzene rings is 2. The second kappa shape index (κ2) is 14.3. The first-order chi connectivity index (χ1) is 19.3. The van der Waals surface area contributed by atoms with Crippen LogP contribution in [0.3, 0.4) is 0 Å². The number of aliphatic carboxylic acids is 1. The number of sulfonamides is 1. The highest BCUT2D eigenvalue weighted by molar-refractivity contribution is 7.89. The van der Waals surface area contributed by atoms with Crippen LogP contribution in [-0.4, -0.2) is 65.7 Å². The average Bonchev–Trinajstić information content (AvgIpc) is 2.92. The summed E-state index contributed by atoms with van der Waals surface area (Å²) < 4.78 is 41.4. The summed E-state index contributed by atoms with van der Waals surface area (Å²) in [5.74, 6) is -1.14. The van der Waals surface area contributed by atoms with E-state index in [1.807, 2.05) is 19.9 Å². The molecule has 8 nitrogen and oxygen atoms in total. The second-order valence-electron chi connectivity index (χ2n) is 10.7. The first-order valence-electron chi connectivity index (χ1n) is 13.4. The lowest BCUT2D eigenvalue weighted by Crippen LogP contribution is -2.46. The third-order valence-electron chi connectivity index (χ3n) is 6.82. The Hall–Kier alpha value is -2.89. The molecule has 0 amide bonds. The average molecular weight is 606 g/mol. The predicted molar refractivity (Wildman–Crippen MR) is 158 cm³/mol. The van der Waals surface area contributed by atoms with Crippen molar-refractivity contribution in [3.63, 3.8) is 0 Å². The van der Waals surface area contributed by atoms with Crippen LogP contribution in [0.1, 0.15) is 44.4 Å². The molecule has 0 bridgehead atoms. The number of carboxylic acids is 1. The number of aromatic nitrogens is 1. The molecule has 0 aliphatic heterocycles. The Balaban J connectivity index is 1.57. The van der Waals surface area contributed by atoms with E-state index in [0.29, 0.717) is 28.9 Å². The minimum atomic E-state index is -3.94. The zero-order valence-corrected chi connectivity index (χ0v) is 25.1. The summed E-state index contributed by atoms with van der Waals surface area (Å²) >= 11 is 6.45. The topological polar surface area (TPSA) is 120 Å². The number of pyridine rings is 1. The number of hydrogen-bond donors (Lipinski definition) is 3. The molecule has 0 saturated carbocycles. The van der Waals surface area contributed by atoms with Crippen molar-refractivity contribution in [3.8, 4) is 11.3 Å². The van der Waals surface area contributed by atoms with Crippen LogP contribution in [0, 0.1) is 5.82 Å². The molecule has 0 saturated heterocycles. The summed E-state index contributed by atoms with van der Waals surface area (Å²) in [6.07, 6.45) is 1.35. The monoisotopic (exact) mass is 605 g/mol. The fourth-order valence-electron chi connectivity index (χ4n) is 4.41. The SMILES string of the molecule is CN(C[C@H](O)CNC(C)(C)CCCc1ccccc1F)S(=O)(=O)c1ccc(-c2cccc(CCC(=O)O)n2)c(Cl)c1. The lowest BCUT2D eigenvalue weighted by molar-refractivity contribution is -0.136. The lowest BCUT2D eigenvalue weighted by atomic mass is 9.95. The molecule has 3 rings (SSSR count). The van der Waals surface area contributed by atoms with Gasteiger partial charge in [0.15, 0.2) is 0 Å². The van der Waals surface area contributed by atoms with Gasteiger partial charge in [0.2, 0.25) is 10.0 Å². The normalized spacial score (nSPS) is 13.0. The van der Waals surface area contributed by atoms with Crippen molar-refractivity contribution < 1.29 is 27.8 Å². The van der Waals surface area contributed by atoms with Crippen LogP contribution in [0.5, 0.6) is 0 Å². The van der Waals surface area contributed by atoms with Gasteiger partial charge in [0.1, 0.15) is 5.82 Å². The largest absolute Gasteiger partial charge is 0.481 e. The van der Waals surface area contributed by atoms with Gasteiger partial charge in [-0.1, -0.05) is 35.9 Å². The molecule has 0 aliphatic rings. The number of aliphatic hydroxyl groups is 1.